The highest BCUT2D eigenvalue weighted by Crippen LogP contribution is 2.04. The molecule has 20 heavy (non-hydrogen) atoms. The van der Waals surface area contributed by atoms with E-state index in [2.05, 4.69) is 13.8 Å². The number of hydrogen-bond donors (Lipinski definition) is 1. The third-order valence-corrected chi connectivity index (χ3v) is 2.78. The summed E-state index contributed by atoms with van der Waals surface area (Å²) in [6, 6.07) is 0. The molecule has 120 valence electrons. The molecule has 0 radical (unpaired) electrons. The highest BCUT2D eigenvalue weighted by atomic mass is 16.5. The van der Waals surface area contributed by atoms with Crippen molar-refractivity contribution >= 4 is 11.9 Å². The van der Waals surface area contributed by atoms with Crippen molar-refractivity contribution < 1.29 is 19.4 Å². The predicted octanol–water partition coefficient (Wildman–Crippen LogP) is 4.56. The van der Waals surface area contributed by atoms with E-state index >= 15 is 0 Å². The van der Waals surface area contributed by atoms with Gasteiger partial charge in [-0.2, -0.15) is 0 Å². The molecule has 4 nitrogen and oxygen atoms in total. The van der Waals surface area contributed by atoms with Crippen LogP contribution in [0.15, 0.2) is 0 Å². The molecule has 0 spiro atoms. The maximum Gasteiger partial charge on any atom is 0.305 e. The third-order valence-electron chi connectivity index (χ3n) is 2.78. The lowest BCUT2D eigenvalue weighted by Gasteiger charge is -1.99. The zero-order chi connectivity index (χ0) is 15.6. The van der Waals surface area contributed by atoms with E-state index in [1.54, 1.807) is 0 Å². The summed E-state index contributed by atoms with van der Waals surface area (Å²) >= 11 is 0. The summed E-state index contributed by atoms with van der Waals surface area (Å²) in [4.78, 5) is 20.7. The lowest BCUT2D eigenvalue weighted by Crippen LogP contribution is -2.02. The average Bonchev–Trinajstić information content (AvgIpc) is 2.39. The molecule has 0 aromatic rings. The molecule has 0 atom stereocenters. The van der Waals surface area contributed by atoms with Gasteiger partial charge in [0.2, 0.25) is 0 Å². The predicted molar refractivity (Wildman–Crippen MR) is 81.8 cm³/mol. The number of carboxylic acids is 1. The Balaban J connectivity index is 0. The lowest BCUT2D eigenvalue weighted by molar-refractivity contribution is -0.143. The summed E-state index contributed by atoms with van der Waals surface area (Å²) in [6.07, 6.45) is 9.71. The molecule has 0 aromatic heterocycles. The summed E-state index contributed by atoms with van der Waals surface area (Å²) in [7, 11) is 0. The van der Waals surface area contributed by atoms with Crippen LogP contribution in [0.3, 0.4) is 0 Å². The van der Waals surface area contributed by atoms with Crippen LogP contribution in [-0.4, -0.2) is 23.7 Å². The molecule has 0 fully saturated rings. The Labute approximate surface area is 123 Å². The number of rotatable bonds is 11. The van der Waals surface area contributed by atoms with Crippen LogP contribution in [-0.2, 0) is 14.3 Å². The number of hydrogen-bond acceptors (Lipinski definition) is 3. The van der Waals surface area contributed by atoms with E-state index in [1.807, 2.05) is 6.92 Å². The number of carbonyl (C=O) groups excluding carboxylic acids is 1. The van der Waals surface area contributed by atoms with Crippen molar-refractivity contribution in [3.05, 3.63) is 0 Å². The standard InChI is InChI=1S/2C8H16O2/c1-3-5-6-7-8(9)10-4-2;1-2-3-4-5-6-7-8(9)10/h3-7H2,1-2H3;2-7H2,1H3,(H,9,10). The number of unbranched alkanes of at least 4 members (excludes halogenated alkanes) is 6. The molecule has 0 saturated heterocycles. The second kappa shape index (κ2) is 17.9. The van der Waals surface area contributed by atoms with E-state index in [4.69, 9.17) is 9.84 Å². The summed E-state index contributed by atoms with van der Waals surface area (Å²) < 4.78 is 4.75. The van der Waals surface area contributed by atoms with Gasteiger partial charge in [-0.1, -0.05) is 52.4 Å². The fourth-order valence-corrected chi connectivity index (χ4v) is 1.63. The van der Waals surface area contributed by atoms with Gasteiger partial charge >= 0.3 is 11.9 Å². The molecular weight excluding hydrogens is 256 g/mol. The molecule has 0 aromatic carbocycles. The first-order chi connectivity index (χ1) is 9.58. The van der Waals surface area contributed by atoms with Crippen LogP contribution in [0, 0.1) is 0 Å². The van der Waals surface area contributed by atoms with Crippen LogP contribution in [0.1, 0.15) is 85.0 Å². The fraction of sp³-hybridized carbons (Fsp3) is 0.875. The summed E-state index contributed by atoms with van der Waals surface area (Å²) in [5, 5.41) is 8.27. The minimum absolute atomic E-state index is 0.0593. The Morgan fingerprint density at radius 1 is 0.800 bits per heavy atom. The van der Waals surface area contributed by atoms with E-state index in [0.717, 1.165) is 32.1 Å². The van der Waals surface area contributed by atoms with Crippen LogP contribution >= 0.6 is 0 Å². The van der Waals surface area contributed by atoms with Crippen molar-refractivity contribution in [2.24, 2.45) is 0 Å². The maximum atomic E-state index is 10.7. The Kier molecular flexibility index (Phi) is 19.1. The molecule has 4 heteroatoms. The van der Waals surface area contributed by atoms with E-state index in [0.29, 0.717) is 19.4 Å². The van der Waals surface area contributed by atoms with Crippen LogP contribution in [0.4, 0.5) is 0 Å². The number of carboxylic acid groups (broad SMARTS) is 1. The topological polar surface area (TPSA) is 63.6 Å². The van der Waals surface area contributed by atoms with Gasteiger partial charge in [0.25, 0.3) is 0 Å². The van der Waals surface area contributed by atoms with E-state index in [9.17, 15) is 9.59 Å². The van der Waals surface area contributed by atoms with Crippen LogP contribution in [0.25, 0.3) is 0 Å². The molecule has 0 saturated carbocycles. The average molecular weight is 288 g/mol. The maximum absolute atomic E-state index is 10.7. The molecule has 0 rings (SSSR count). The highest BCUT2D eigenvalue weighted by molar-refractivity contribution is 5.69. The van der Waals surface area contributed by atoms with Crippen molar-refractivity contribution in [1.29, 1.82) is 0 Å². The zero-order valence-corrected chi connectivity index (χ0v) is 13.5. The molecule has 0 heterocycles. The van der Waals surface area contributed by atoms with Gasteiger partial charge < -0.3 is 9.84 Å². The minimum atomic E-state index is -0.670. The molecule has 0 bridgehead atoms. The van der Waals surface area contributed by atoms with Crippen LogP contribution in [0.5, 0.6) is 0 Å². The third kappa shape index (κ3) is 22.1. The molecule has 0 aliphatic heterocycles. The Morgan fingerprint density at radius 3 is 1.80 bits per heavy atom. The Bertz CT molecular complexity index is 227. The monoisotopic (exact) mass is 288 g/mol. The minimum Gasteiger partial charge on any atom is -0.481 e. The number of aliphatic carboxylic acids is 1. The van der Waals surface area contributed by atoms with E-state index in [-0.39, 0.29) is 5.97 Å². The smallest absolute Gasteiger partial charge is 0.305 e. The summed E-state index contributed by atoms with van der Waals surface area (Å²) in [5.41, 5.74) is 0. The quantitative estimate of drug-likeness (QED) is 0.447. The van der Waals surface area contributed by atoms with Crippen molar-refractivity contribution in [3.8, 4) is 0 Å². The van der Waals surface area contributed by atoms with Crippen molar-refractivity contribution in [3.63, 3.8) is 0 Å². The normalized spacial score (nSPS) is 9.55. The van der Waals surface area contributed by atoms with Gasteiger partial charge in [-0.25, -0.2) is 0 Å². The molecular formula is C16H32O4. The van der Waals surface area contributed by atoms with Crippen molar-refractivity contribution in [2.75, 3.05) is 6.61 Å². The van der Waals surface area contributed by atoms with Gasteiger partial charge in [0.15, 0.2) is 0 Å². The number of ether oxygens (including phenoxy) is 1. The first kappa shape index (κ1) is 21.2. The van der Waals surface area contributed by atoms with Crippen molar-refractivity contribution in [1.82, 2.24) is 0 Å². The largest absolute Gasteiger partial charge is 0.481 e. The van der Waals surface area contributed by atoms with E-state index in [1.165, 1.54) is 19.3 Å². The highest BCUT2D eigenvalue weighted by Gasteiger charge is 1.98. The fourth-order valence-electron chi connectivity index (χ4n) is 1.63. The van der Waals surface area contributed by atoms with E-state index < -0.39 is 5.97 Å². The van der Waals surface area contributed by atoms with Gasteiger partial charge in [0.1, 0.15) is 0 Å². The lowest BCUT2D eigenvalue weighted by atomic mass is 10.1. The second-order valence-electron chi connectivity index (χ2n) is 4.82. The molecule has 0 unspecified atom stereocenters. The van der Waals surface area contributed by atoms with Gasteiger partial charge in [-0.15, -0.1) is 0 Å². The van der Waals surface area contributed by atoms with Crippen molar-refractivity contribution in [2.45, 2.75) is 85.0 Å². The van der Waals surface area contributed by atoms with Gasteiger partial charge in [0, 0.05) is 12.8 Å². The van der Waals surface area contributed by atoms with Gasteiger partial charge in [0.05, 0.1) is 6.61 Å². The molecule has 0 aliphatic rings. The number of carbonyl (C=O) groups is 2. The summed E-state index contributed by atoms with van der Waals surface area (Å²) in [6.45, 7) is 6.60. The first-order valence-electron chi connectivity index (χ1n) is 7.95. The van der Waals surface area contributed by atoms with Crippen LogP contribution < -0.4 is 0 Å². The summed E-state index contributed by atoms with van der Waals surface area (Å²) in [5.74, 6) is -0.729. The Hall–Kier alpha value is -1.06. The van der Waals surface area contributed by atoms with Crippen LogP contribution in [0.2, 0.25) is 0 Å². The molecule has 0 amide bonds. The SMILES string of the molecule is CCCCCC(=O)OCC.CCCCCCCC(=O)O. The van der Waals surface area contributed by atoms with Gasteiger partial charge in [-0.05, 0) is 19.8 Å². The first-order valence-corrected chi connectivity index (χ1v) is 7.95. The Morgan fingerprint density at radius 2 is 1.30 bits per heavy atom. The number of esters is 1. The molecule has 1 N–H and O–H groups in total. The zero-order valence-electron chi connectivity index (χ0n) is 13.5. The molecule has 0 aliphatic carbocycles. The second-order valence-corrected chi connectivity index (χ2v) is 4.82. The van der Waals surface area contributed by atoms with Gasteiger partial charge in [-0.3, -0.25) is 9.59 Å².